The number of benzene rings is 2. The predicted octanol–water partition coefficient (Wildman–Crippen LogP) is 4.41. The van der Waals surface area contributed by atoms with Crippen LogP contribution in [0.2, 0.25) is 0 Å². The number of para-hydroxylation sites is 1. The van der Waals surface area contributed by atoms with Crippen LogP contribution in [0, 0.1) is 0 Å². The molecule has 5 heteroatoms. The van der Waals surface area contributed by atoms with Crippen molar-refractivity contribution in [3.8, 4) is 0 Å². The molecule has 0 saturated carbocycles. The first-order chi connectivity index (χ1) is 13.3. The van der Waals surface area contributed by atoms with Gasteiger partial charge in [0.25, 0.3) is 0 Å². The van der Waals surface area contributed by atoms with Gasteiger partial charge in [-0.15, -0.1) is 0 Å². The standard InChI is InChI=1S/C23H21NO3S/c1-23(2)17-11-5-6-12-18(17)24(3)21(23)15-9-8-14-20-22(25)16-10-4-7-13-19(16)28(20,26)27/h4-15H,1-3H3. The highest BCUT2D eigenvalue weighted by atomic mass is 32.2. The van der Waals surface area contributed by atoms with Gasteiger partial charge in [-0.3, -0.25) is 4.79 Å². The monoisotopic (exact) mass is 391 g/mol. The largest absolute Gasteiger partial charge is 0.347 e. The minimum atomic E-state index is -3.74. The Hall–Kier alpha value is -2.92. The van der Waals surface area contributed by atoms with Gasteiger partial charge in [0.1, 0.15) is 4.91 Å². The molecule has 0 atom stereocenters. The van der Waals surface area contributed by atoms with Crippen LogP contribution in [0.3, 0.4) is 0 Å². The van der Waals surface area contributed by atoms with Gasteiger partial charge in [0.2, 0.25) is 15.6 Å². The van der Waals surface area contributed by atoms with E-state index in [1.54, 1.807) is 30.4 Å². The summed E-state index contributed by atoms with van der Waals surface area (Å²) in [7, 11) is -1.72. The van der Waals surface area contributed by atoms with Crippen LogP contribution in [0.15, 0.2) is 88.3 Å². The molecule has 0 spiro atoms. The van der Waals surface area contributed by atoms with Crippen molar-refractivity contribution in [3.63, 3.8) is 0 Å². The van der Waals surface area contributed by atoms with Gasteiger partial charge in [0, 0.05) is 29.4 Å². The van der Waals surface area contributed by atoms with Crippen LogP contribution < -0.4 is 4.90 Å². The van der Waals surface area contributed by atoms with E-state index in [1.807, 2.05) is 25.3 Å². The van der Waals surface area contributed by atoms with Crippen LogP contribution in [0.5, 0.6) is 0 Å². The predicted molar refractivity (Wildman–Crippen MR) is 111 cm³/mol. The number of sulfone groups is 1. The van der Waals surface area contributed by atoms with Gasteiger partial charge in [-0.1, -0.05) is 56.3 Å². The van der Waals surface area contributed by atoms with Gasteiger partial charge >= 0.3 is 0 Å². The van der Waals surface area contributed by atoms with Crippen LogP contribution in [0.1, 0.15) is 29.8 Å². The SMILES string of the molecule is CN1C(=CC=CC=C2C(=O)c3ccccc3S2(=O)=O)C(C)(C)c2ccccc21. The van der Waals surface area contributed by atoms with E-state index in [-0.39, 0.29) is 20.8 Å². The molecular formula is C23H21NO3S. The Morgan fingerprint density at radius 2 is 1.57 bits per heavy atom. The number of rotatable bonds is 2. The lowest BCUT2D eigenvalue weighted by Gasteiger charge is -2.23. The molecule has 0 N–H and O–H groups in total. The van der Waals surface area contributed by atoms with E-state index in [0.717, 1.165) is 11.4 Å². The Bertz CT molecular complexity index is 1180. The van der Waals surface area contributed by atoms with Crippen molar-refractivity contribution in [2.75, 3.05) is 11.9 Å². The smallest absolute Gasteiger partial charge is 0.211 e. The first kappa shape index (κ1) is 18.4. The molecule has 4 nitrogen and oxygen atoms in total. The highest BCUT2D eigenvalue weighted by Crippen LogP contribution is 2.46. The maximum absolute atomic E-state index is 12.6. The Morgan fingerprint density at radius 3 is 2.29 bits per heavy atom. The average Bonchev–Trinajstić information content (AvgIpc) is 2.99. The van der Waals surface area contributed by atoms with Gasteiger partial charge in [0.15, 0.2) is 0 Å². The lowest BCUT2D eigenvalue weighted by atomic mass is 9.84. The zero-order valence-electron chi connectivity index (χ0n) is 16.0. The Morgan fingerprint density at radius 1 is 0.929 bits per heavy atom. The molecule has 2 aliphatic heterocycles. The number of carbonyl (C=O) groups excluding carboxylic acids is 1. The molecule has 0 bridgehead atoms. The van der Waals surface area contributed by atoms with Crippen LogP contribution >= 0.6 is 0 Å². The molecular weight excluding hydrogens is 370 g/mol. The summed E-state index contributed by atoms with van der Waals surface area (Å²) in [6, 6.07) is 14.6. The third-order valence-electron chi connectivity index (χ3n) is 5.49. The summed E-state index contributed by atoms with van der Waals surface area (Å²) in [6.45, 7) is 4.32. The minimum Gasteiger partial charge on any atom is -0.347 e. The molecule has 2 heterocycles. The molecule has 0 aliphatic carbocycles. The number of nitrogens with zero attached hydrogens (tertiary/aromatic N) is 1. The minimum absolute atomic E-state index is 0.0881. The van der Waals surface area contributed by atoms with Gasteiger partial charge in [0.05, 0.1) is 4.90 Å². The maximum atomic E-state index is 12.6. The van der Waals surface area contributed by atoms with Crippen molar-refractivity contribution in [2.45, 2.75) is 24.2 Å². The molecule has 0 fully saturated rings. The summed E-state index contributed by atoms with van der Waals surface area (Å²) in [5.74, 6) is -0.446. The van der Waals surface area contributed by atoms with Crippen molar-refractivity contribution in [2.24, 2.45) is 0 Å². The second-order valence-corrected chi connectivity index (χ2v) is 9.38. The first-order valence-corrected chi connectivity index (χ1v) is 10.6. The Labute approximate surface area is 165 Å². The molecule has 28 heavy (non-hydrogen) atoms. The van der Waals surface area contributed by atoms with Crippen molar-refractivity contribution in [1.82, 2.24) is 0 Å². The zero-order chi connectivity index (χ0) is 20.1. The van der Waals surface area contributed by atoms with Crippen LogP contribution in [-0.4, -0.2) is 21.2 Å². The molecule has 0 unspecified atom stereocenters. The fourth-order valence-electron chi connectivity index (χ4n) is 4.02. The molecule has 0 aromatic heterocycles. The van der Waals surface area contributed by atoms with Gasteiger partial charge in [-0.25, -0.2) is 8.42 Å². The number of carbonyl (C=O) groups is 1. The van der Waals surface area contributed by atoms with Crippen LogP contribution in [0.4, 0.5) is 5.69 Å². The Balaban J connectivity index is 1.66. The number of hydrogen-bond donors (Lipinski definition) is 0. The number of ketones is 1. The summed E-state index contributed by atoms with van der Waals surface area (Å²) in [6.07, 6.45) is 6.77. The lowest BCUT2D eigenvalue weighted by Crippen LogP contribution is -2.22. The fourth-order valence-corrected chi connectivity index (χ4v) is 5.58. The van der Waals surface area contributed by atoms with E-state index in [4.69, 9.17) is 0 Å². The third kappa shape index (κ3) is 2.58. The second-order valence-electron chi connectivity index (χ2n) is 7.50. The second kappa shape index (κ2) is 6.31. The normalized spacial score (nSPS) is 22.2. The van der Waals surface area contributed by atoms with Crippen molar-refractivity contribution >= 4 is 21.3 Å². The molecule has 2 aliphatic rings. The summed E-state index contributed by atoms with van der Waals surface area (Å²) in [5.41, 5.74) is 3.60. The number of fused-ring (bicyclic) bond motifs is 2. The molecule has 4 rings (SSSR count). The fraction of sp³-hybridized carbons (Fsp3) is 0.174. The van der Waals surface area contributed by atoms with Gasteiger partial charge in [-0.2, -0.15) is 0 Å². The van der Waals surface area contributed by atoms with Crippen molar-refractivity contribution < 1.29 is 13.2 Å². The number of hydrogen-bond acceptors (Lipinski definition) is 4. The van der Waals surface area contributed by atoms with E-state index in [2.05, 4.69) is 30.9 Å². The zero-order valence-corrected chi connectivity index (χ0v) is 16.8. The molecule has 0 radical (unpaired) electrons. The van der Waals surface area contributed by atoms with E-state index < -0.39 is 15.6 Å². The van der Waals surface area contributed by atoms with Crippen LogP contribution in [-0.2, 0) is 15.3 Å². The third-order valence-corrected chi connectivity index (χ3v) is 7.32. The average molecular weight is 391 g/mol. The van der Waals surface area contributed by atoms with Crippen molar-refractivity contribution in [3.05, 3.63) is 94.6 Å². The molecule has 0 saturated heterocycles. The number of Topliss-reactive ketones (excluding diaryl/α,β-unsaturated/α-hetero) is 1. The number of anilines is 1. The summed E-state index contributed by atoms with van der Waals surface area (Å²) in [4.78, 5) is 14.5. The molecule has 0 amide bonds. The van der Waals surface area contributed by atoms with E-state index in [1.165, 1.54) is 17.7 Å². The first-order valence-electron chi connectivity index (χ1n) is 9.07. The van der Waals surface area contributed by atoms with Gasteiger partial charge < -0.3 is 4.90 Å². The van der Waals surface area contributed by atoms with Gasteiger partial charge in [-0.05, 0) is 35.9 Å². The van der Waals surface area contributed by atoms with Crippen LogP contribution in [0.25, 0.3) is 0 Å². The quantitative estimate of drug-likeness (QED) is 0.712. The topological polar surface area (TPSA) is 54.5 Å². The van der Waals surface area contributed by atoms with E-state index in [0.29, 0.717) is 0 Å². The molecule has 2 aromatic rings. The maximum Gasteiger partial charge on any atom is 0.211 e. The van der Waals surface area contributed by atoms with Crippen molar-refractivity contribution in [1.29, 1.82) is 0 Å². The summed E-state index contributed by atoms with van der Waals surface area (Å²) in [5, 5.41) is 0. The molecule has 2 aromatic carbocycles. The number of allylic oxidation sites excluding steroid dienone is 6. The highest BCUT2D eigenvalue weighted by molar-refractivity contribution is 7.97. The summed E-state index contributed by atoms with van der Waals surface area (Å²) >= 11 is 0. The summed E-state index contributed by atoms with van der Waals surface area (Å²) < 4.78 is 25.2. The lowest BCUT2D eigenvalue weighted by molar-refractivity contribution is 0.104. The highest BCUT2D eigenvalue weighted by Gasteiger charge is 2.39. The Kier molecular flexibility index (Phi) is 4.16. The van der Waals surface area contributed by atoms with E-state index >= 15 is 0 Å². The van der Waals surface area contributed by atoms with E-state index in [9.17, 15) is 13.2 Å². The number of likely N-dealkylation sites (N-methyl/N-ethyl adjacent to an activating group) is 1. The molecule has 142 valence electrons.